The van der Waals surface area contributed by atoms with Crippen molar-refractivity contribution in [1.29, 1.82) is 0 Å². The van der Waals surface area contributed by atoms with Gasteiger partial charge in [0, 0.05) is 49.3 Å². The second kappa shape index (κ2) is 16.3. The third-order valence-corrected chi connectivity index (χ3v) is 12.2. The third-order valence-electron chi connectivity index (χ3n) is 12.2. The maximum Gasteiger partial charge on any atom is 0.148 e. The summed E-state index contributed by atoms with van der Waals surface area (Å²) in [6.07, 6.45) is 1.89. The molecule has 7 aromatic carbocycles. The first kappa shape index (κ1) is 42.6. The van der Waals surface area contributed by atoms with Crippen LogP contribution < -0.4 is 0 Å². The van der Waals surface area contributed by atoms with E-state index in [1.165, 1.54) is 5.56 Å². The molecule has 312 valence electrons. The van der Waals surface area contributed by atoms with Gasteiger partial charge < -0.3 is 5.11 Å². The van der Waals surface area contributed by atoms with Crippen LogP contribution in [0, 0.1) is 6.07 Å². The van der Waals surface area contributed by atoms with Crippen molar-refractivity contribution in [2.75, 3.05) is 0 Å². The molecule has 0 spiro atoms. The van der Waals surface area contributed by atoms with E-state index in [0.29, 0.717) is 11.4 Å². The van der Waals surface area contributed by atoms with E-state index in [1.807, 2.05) is 12.3 Å². The number of hydrogen-bond donors (Lipinski definition) is 1. The molecule has 1 N–H and O–H groups in total. The summed E-state index contributed by atoms with van der Waals surface area (Å²) < 4.78 is 2.25. The molecular formula is C57H52N3OPt-. The number of aromatic hydroxyl groups is 1. The van der Waals surface area contributed by atoms with Gasteiger partial charge in [0.2, 0.25) is 0 Å². The number of pyridine rings is 1. The van der Waals surface area contributed by atoms with Crippen molar-refractivity contribution in [2.24, 2.45) is 0 Å². The Morgan fingerprint density at radius 3 is 1.94 bits per heavy atom. The smallest absolute Gasteiger partial charge is 0.148 e. The van der Waals surface area contributed by atoms with Crippen LogP contribution in [0.25, 0.3) is 72.4 Å². The Labute approximate surface area is 380 Å². The van der Waals surface area contributed by atoms with Gasteiger partial charge in [-0.15, -0.1) is 29.3 Å². The molecule has 0 atom stereocenters. The fourth-order valence-electron chi connectivity index (χ4n) is 8.58. The van der Waals surface area contributed by atoms with Crippen molar-refractivity contribution < 1.29 is 26.2 Å². The second-order valence-electron chi connectivity index (χ2n) is 18.8. The zero-order chi connectivity index (χ0) is 42.7. The van der Waals surface area contributed by atoms with Gasteiger partial charge in [0.25, 0.3) is 0 Å². The summed E-state index contributed by atoms with van der Waals surface area (Å²) in [6, 6.07) is 59.4. The predicted molar refractivity (Wildman–Crippen MR) is 255 cm³/mol. The Bertz CT molecular complexity index is 3070. The molecule has 2 aromatic heterocycles. The molecule has 0 saturated heterocycles. The Morgan fingerprint density at radius 1 is 0.548 bits per heavy atom. The number of fused-ring (bicyclic) bond motifs is 2. The van der Waals surface area contributed by atoms with Gasteiger partial charge in [0.1, 0.15) is 11.6 Å². The largest absolute Gasteiger partial charge is 0.507 e. The molecule has 0 aliphatic heterocycles. The number of nitrogens with zero attached hydrogens (tertiary/aromatic N) is 3. The maximum absolute atomic E-state index is 12.4. The van der Waals surface area contributed by atoms with Crippen LogP contribution in [0.4, 0.5) is 0 Å². The number of hydrogen-bond acceptors (Lipinski definition) is 3. The normalized spacial score (nSPS) is 12.1. The SMILES string of the molecule is CC(C)(C)c1cc(-c2nc3c(-c4[c-]c(-c5cc(-c6ccccc6)ccn5)cc(C(C)(C)c5ccccc5)c4)cccc3n2-c2cccc3ccccc23)c(O)c(C(C)(C)C)c1.[Pt]. The van der Waals surface area contributed by atoms with Gasteiger partial charge in [-0.25, -0.2) is 4.98 Å². The summed E-state index contributed by atoms with van der Waals surface area (Å²) in [7, 11) is 0. The molecule has 0 radical (unpaired) electrons. The number of phenolic OH excluding ortho intramolecular Hbond substituents is 1. The van der Waals surface area contributed by atoms with E-state index in [1.54, 1.807) is 0 Å². The molecule has 0 amide bonds. The molecule has 0 aliphatic rings. The molecule has 9 rings (SSSR count). The standard InChI is InChI=1S/C57H52N3O.Pt/c1-55(2,3)43-35-47(53(61)48(36-43)56(4,5)6)54-59-52-46(26-18-28-51(52)60(54)50-27-17-22-38-21-15-16-25-45(38)50)40-31-41(33-44(32-40)57(7,8)42-23-13-10-14-24-42)49-34-39(29-30-58-49)37-19-11-9-12-20-37;/h9-30,32-36,61H,1-8H3;/q-1;. The molecule has 62 heavy (non-hydrogen) atoms. The minimum atomic E-state index is -0.346. The molecule has 0 fully saturated rings. The topological polar surface area (TPSA) is 50.9 Å². The van der Waals surface area contributed by atoms with E-state index in [-0.39, 0.29) is 43.1 Å². The number of aromatic nitrogens is 3. The van der Waals surface area contributed by atoms with E-state index in [9.17, 15) is 5.11 Å². The predicted octanol–water partition coefficient (Wildman–Crippen LogP) is 14.7. The van der Waals surface area contributed by atoms with Crippen molar-refractivity contribution in [3.05, 3.63) is 192 Å². The summed E-state index contributed by atoms with van der Waals surface area (Å²) in [5, 5.41) is 14.6. The first-order chi connectivity index (χ1) is 29.2. The van der Waals surface area contributed by atoms with Crippen LogP contribution in [-0.4, -0.2) is 19.6 Å². The van der Waals surface area contributed by atoms with E-state index < -0.39 is 0 Å². The van der Waals surface area contributed by atoms with Crippen LogP contribution in [-0.2, 0) is 37.3 Å². The van der Waals surface area contributed by atoms with Crippen molar-refractivity contribution in [2.45, 2.75) is 71.6 Å². The molecular weight excluding hydrogens is 938 g/mol. The zero-order valence-electron chi connectivity index (χ0n) is 36.7. The van der Waals surface area contributed by atoms with Gasteiger partial charge >= 0.3 is 0 Å². The minimum Gasteiger partial charge on any atom is -0.507 e. The van der Waals surface area contributed by atoms with Crippen molar-refractivity contribution in [3.63, 3.8) is 0 Å². The first-order valence-electron chi connectivity index (χ1n) is 21.2. The third kappa shape index (κ3) is 7.82. The minimum absolute atomic E-state index is 0. The van der Waals surface area contributed by atoms with Crippen LogP contribution in [0.2, 0.25) is 0 Å². The van der Waals surface area contributed by atoms with Crippen molar-refractivity contribution >= 4 is 21.8 Å². The van der Waals surface area contributed by atoms with Crippen molar-refractivity contribution in [1.82, 2.24) is 14.5 Å². The van der Waals surface area contributed by atoms with Gasteiger partial charge in [-0.2, -0.15) is 0 Å². The fraction of sp³-hybridized carbons (Fsp3) is 0.193. The molecule has 9 aromatic rings. The summed E-state index contributed by atoms with van der Waals surface area (Å²) in [5.74, 6) is 0.940. The van der Waals surface area contributed by atoms with Gasteiger partial charge in [0.05, 0.1) is 22.3 Å². The van der Waals surface area contributed by atoms with E-state index >= 15 is 0 Å². The van der Waals surface area contributed by atoms with Gasteiger partial charge in [-0.3, -0.25) is 9.55 Å². The second-order valence-corrected chi connectivity index (χ2v) is 18.8. The molecule has 2 heterocycles. The average molecular weight is 990 g/mol. The van der Waals surface area contributed by atoms with Gasteiger partial charge in [0.15, 0.2) is 0 Å². The molecule has 0 aliphatic carbocycles. The number of phenols is 1. The van der Waals surface area contributed by atoms with E-state index in [2.05, 4.69) is 218 Å². The van der Waals surface area contributed by atoms with Crippen LogP contribution in [0.1, 0.15) is 77.6 Å². The first-order valence-corrected chi connectivity index (χ1v) is 21.2. The zero-order valence-corrected chi connectivity index (χ0v) is 39.0. The molecule has 0 bridgehead atoms. The number of benzene rings is 7. The van der Waals surface area contributed by atoms with Gasteiger partial charge in [-0.1, -0.05) is 188 Å². The van der Waals surface area contributed by atoms with Crippen LogP contribution in [0.3, 0.4) is 0 Å². The Hall–Kier alpha value is -6.09. The monoisotopic (exact) mass is 989 g/mol. The van der Waals surface area contributed by atoms with Crippen LogP contribution in [0.5, 0.6) is 5.75 Å². The van der Waals surface area contributed by atoms with E-state index in [4.69, 9.17) is 9.97 Å². The molecule has 4 nitrogen and oxygen atoms in total. The number of rotatable bonds is 7. The Balaban J connectivity index is 0.00000529. The van der Waals surface area contributed by atoms with Gasteiger partial charge in [-0.05, 0) is 62.7 Å². The summed E-state index contributed by atoms with van der Waals surface area (Å²) in [4.78, 5) is 10.6. The van der Waals surface area contributed by atoms with Crippen LogP contribution in [0.15, 0.2) is 164 Å². The Kier molecular flexibility index (Phi) is 11.2. The number of para-hydroxylation sites is 1. The van der Waals surface area contributed by atoms with E-state index in [0.717, 1.165) is 77.7 Å². The number of imidazole rings is 1. The van der Waals surface area contributed by atoms with Crippen LogP contribution >= 0.6 is 0 Å². The average Bonchev–Trinajstić information content (AvgIpc) is 3.65. The molecule has 0 unspecified atom stereocenters. The summed E-state index contributed by atoms with van der Waals surface area (Å²) >= 11 is 0. The maximum atomic E-state index is 12.4. The summed E-state index contributed by atoms with van der Waals surface area (Å²) in [5.41, 5.74) is 12.9. The quantitative estimate of drug-likeness (QED) is 0.162. The van der Waals surface area contributed by atoms with Crippen molar-refractivity contribution in [3.8, 4) is 56.3 Å². The molecule has 0 saturated carbocycles. The molecule has 5 heteroatoms. The Morgan fingerprint density at radius 2 is 1.21 bits per heavy atom. The fourth-order valence-corrected chi connectivity index (χ4v) is 8.58. The summed E-state index contributed by atoms with van der Waals surface area (Å²) in [6.45, 7) is 17.7.